The molecule has 110 valence electrons. The van der Waals surface area contributed by atoms with Crippen molar-refractivity contribution in [1.82, 2.24) is 4.90 Å². The number of ether oxygens (including phenoxy) is 1. The van der Waals surface area contributed by atoms with Crippen LogP contribution in [0.4, 0.5) is 0 Å². The van der Waals surface area contributed by atoms with Gasteiger partial charge in [0.15, 0.2) is 0 Å². The predicted molar refractivity (Wildman–Crippen MR) is 80.8 cm³/mol. The summed E-state index contributed by atoms with van der Waals surface area (Å²) in [6.45, 7) is 7.24. The zero-order chi connectivity index (χ0) is 14.8. The molecule has 1 aromatic rings. The van der Waals surface area contributed by atoms with Crippen molar-refractivity contribution in [3.8, 4) is 0 Å². The third-order valence-corrected chi connectivity index (χ3v) is 4.28. The number of rotatable bonds is 4. The Bertz CT molecular complexity index is 444. The quantitative estimate of drug-likeness (QED) is 0.789. The Labute approximate surface area is 121 Å². The van der Waals surface area contributed by atoms with Crippen LogP contribution >= 0.6 is 0 Å². The van der Waals surface area contributed by atoms with Gasteiger partial charge >= 0.3 is 5.97 Å². The summed E-state index contributed by atoms with van der Waals surface area (Å²) in [5.41, 5.74) is 0.839. The lowest BCUT2D eigenvalue weighted by Crippen LogP contribution is -2.51. The fraction of sp³-hybridized carbons (Fsp3) is 0.588. The van der Waals surface area contributed by atoms with Crippen LogP contribution in [-0.2, 0) is 4.74 Å². The minimum absolute atomic E-state index is 0.205. The first kappa shape index (κ1) is 15.0. The first-order valence-electron chi connectivity index (χ1n) is 7.33. The Hall–Kier alpha value is -1.35. The first-order valence-corrected chi connectivity index (χ1v) is 7.33. The normalized spacial score (nSPS) is 22.4. The number of benzene rings is 1. The topological polar surface area (TPSA) is 29.5 Å². The highest BCUT2D eigenvalue weighted by atomic mass is 16.5. The van der Waals surface area contributed by atoms with E-state index in [2.05, 4.69) is 32.7 Å². The highest BCUT2D eigenvalue weighted by Crippen LogP contribution is 2.34. The zero-order valence-corrected chi connectivity index (χ0v) is 12.9. The summed E-state index contributed by atoms with van der Waals surface area (Å²) < 4.78 is 5.39. The maximum Gasteiger partial charge on any atom is 0.338 e. The molecule has 1 fully saturated rings. The van der Waals surface area contributed by atoms with Crippen LogP contribution in [0.5, 0.6) is 0 Å². The van der Waals surface area contributed by atoms with E-state index in [-0.39, 0.29) is 11.5 Å². The molecule has 0 radical (unpaired) electrons. The van der Waals surface area contributed by atoms with Gasteiger partial charge < -0.3 is 4.74 Å². The second kappa shape index (κ2) is 5.96. The second-order valence-electron chi connectivity index (χ2n) is 6.74. The van der Waals surface area contributed by atoms with E-state index in [1.54, 1.807) is 12.1 Å². The van der Waals surface area contributed by atoms with Crippen LogP contribution in [0.15, 0.2) is 30.3 Å². The van der Waals surface area contributed by atoms with Crippen LogP contribution in [0.1, 0.15) is 44.0 Å². The SMILES string of the molecule is CN([C@H]1C[C@H](COC(=O)c2ccccc2)C1)C(C)(C)C. The molecule has 1 aliphatic rings. The maximum atomic E-state index is 11.8. The van der Waals surface area contributed by atoms with Crippen molar-refractivity contribution in [3.63, 3.8) is 0 Å². The number of carbonyl (C=O) groups is 1. The van der Waals surface area contributed by atoms with E-state index in [0.717, 1.165) is 12.8 Å². The Morgan fingerprint density at radius 1 is 1.25 bits per heavy atom. The van der Waals surface area contributed by atoms with Gasteiger partial charge in [-0.25, -0.2) is 4.79 Å². The molecule has 2 rings (SSSR count). The number of carbonyl (C=O) groups excluding carboxylic acids is 1. The summed E-state index contributed by atoms with van der Waals surface area (Å²) in [6, 6.07) is 9.81. The van der Waals surface area contributed by atoms with E-state index < -0.39 is 0 Å². The number of hydrogen-bond donors (Lipinski definition) is 0. The highest BCUT2D eigenvalue weighted by molar-refractivity contribution is 5.89. The predicted octanol–water partition coefficient (Wildman–Crippen LogP) is 3.35. The van der Waals surface area contributed by atoms with E-state index >= 15 is 0 Å². The Balaban J connectivity index is 1.72. The van der Waals surface area contributed by atoms with Crippen LogP contribution in [0, 0.1) is 5.92 Å². The first-order chi connectivity index (χ1) is 9.38. The Morgan fingerprint density at radius 3 is 2.40 bits per heavy atom. The van der Waals surface area contributed by atoms with Crippen LogP contribution < -0.4 is 0 Å². The molecule has 20 heavy (non-hydrogen) atoms. The van der Waals surface area contributed by atoms with Crippen molar-refractivity contribution in [3.05, 3.63) is 35.9 Å². The summed E-state index contributed by atoms with van der Waals surface area (Å²) >= 11 is 0. The molecule has 0 bridgehead atoms. The van der Waals surface area contributed by atoms with Crippen LogP contribution in [0.25, 0.3) is 0 Å². The minimum Gasteiger partial charge on any atom is -0.462 e. The fourth-order valence-electron chi connectivity index (χ4n) is 2.55. The van der Waals surface area contributed by atoms with Gasteiger partial charge in [0.05, 0.1) is 12.2 Å². The molecular weight excluding hydrogens is 250 g/mol. The van der Waals surface area contributed by atoms with Gasteiger partial charge in [0, 0.05) is 11.6 Å². The molecule has 0 aliphatic heterocycles. The average molecular weight is 275 g/mol. The third kappa shape index (κ3) is 3.60. The van der Waals surface area contributed by atoms with Crippen molar-refractivity contribution in [2.75, 3.05) is 13.7 Å². The molecule has 0 N–H and O–H groups in total. The molecule has 1 aromatic carbocycles. The number of nitrogens with zero attached hydrogens (tertiary/aromatic N) is 1. The third-order valence-electron chi connectivity index (χ3n) is 4.28. The van der Waals surface area contributed by atoms with Crippen molar-refractivity contribution < 1.29 is 9.53 Å². The van der Waals surface area contributed by atoms with E-state index in [0.29, 0.717) is 24.1 Å². The molecule has 0 heterocycles. The molecule has 0 saturated heterocycles. The second-order valence-corrected chi connectivity index (χ2v) is 6.74. The summed E-state index contributed by atoms with van der Waals surface area (Å²) in [7, 11) is 2.18. The molecular formula is C17H25NO2. The minimum atomic E-state index is -0.210. The van der Waals surface area contributed by atoms with Gasteiger partial charge in [-0.2, -0.15) is 0 Å². The molecule has 0 amide bonds. The van der Waals surface area contributed by atoms with Crippen molar-refractivity contribution in [1.29, 1.82) is 0 Å². The molecule has 1 saturated carbocycles. The fourth-order valence-corrected chi connectivity index (χ4v) is 2.55. The van der Waals surface area contributed by atoms with Crippen molar-refractivity contribution >= 4 is 5.97 Å². The Kier molecular flexibility index (Phi) is 4.48. The summed E-state index contributed by atoms with van der Waals surface area (Å²) in [6.07, 6.45) is 2.24. The average Bonchev–Trinajstić information content (AvgIpc) is 2.36. The largest absolute Gasteiger partial charge is 0.462 e. The van der Waals surface area contributed by atoms with Crippen LogP contribution in [0.2, 0.25) is 0 Å². The highest BCUT2D eigenvalue weighted by Gasteiger charge is 2.36. The molecule has 0 unspecified atom stereocenters. The van der Waals surface area contributed by atoms with Gasteiger partial charge in [-0.05, 0) is 58.7 Å². The smallest absolute Gasteiger partial charge is 0.338 e. The van der Waals surface area contributed by atoms with E-state index in [1.807, 2.05) is 18.2 Å². The zero-order valence-electron chi connectivity index (χ0n) is 12.9. The van der Waals surface area contributed by atoms with Gasteiger partial charge in [-0.15, -0.1) is 0 Å². The van der Waals surface area contributed by atoms with Crippen molar-refractivity contribution in [2.24, 2.45) is 5.92 Å². The van der Waals surface area contributed by atoms with Gasteiger partial charge in [-0.1, -0.05) is 18.2 Å². The molecule has 1 aliphatic carbocycles. The van der Waals surface area contributed by atoms with Gasteiger partial charge in [0.2, 0.25) is 0 Å². The lowest BCUT2D eigenvalue weighted by molar-refractivity contribution is -0.00313. The van der Waals surface area contributed by atoms with E-state index in [9.17, 15) is 4.79 Å². The van der Waals surface area contributed by atoms with E-state index in [1.165, 1.54) is 0 Å². The number of esters is 1. The van der Waals surface area contributed by atoms with Crippen LogP contribution in [0.3, 0.4) is 0 Å². The molecule has 3 nitrogen and oxygen atoms in total. The van der Waals surface area contributed by atoms with E-state index in [4.69, 9.17) is 4.74 Å². The van der Waals surface area contributed by atoms with Gasteiger partial charge in [-0.3, -0.25) is 4.90 Å². The maximum absolute atomic E-state index is 11.8. The molecule has 0 atom stereocenters. The molecule has 0 spiro atoms. The standard InChI is InChI=1S/C17H25NO2/c1-17(2,3)18(4)15-10-13(11-15)12-20-16(19)14-8-6-5-7-9-14/h5-9,13,15H,10-12H2,1-4H3/t13-,15-. The lowest BCUT2D eigenvalue weighted by atomic mass is 9.78. The Morgan fingerprint density at radius 2 is 1.85 bits per heavy atom. The monoisotopic (exact) mass is 275 g/mol. The lowest BCUT2D eigenvalue weighted by Gasteiger charge is -2.46. The van der Waals surface area contributed by atoms with Gasteiger partial charge in [0.25, 0.3) is 0 Å². The van der Waals surface area contributed by atoms with Crippen molar-refractivity contribution in [2.45, 2.75) is 45.2 Å². The van der Waals surface area contributed by atoms with Gasteiger partial charge in [0.1, 0.15) is 0 Å². The molecule has 3 heteroatoms. The van der Waals surface area contributed by atoms with Crippen LogP contribution in [-0.4, -0.2) is 36.1 Å². The summed E-state index contributed by atoms with van der Waals surface area (Å²) in [5.74, 6) is 0.302. The summed E-state index contributed by atoms with van der Waals surface area (Å²) in [5, 5.41) is 0. The summed E-state index contributed by atoms with van der Waals surface area (Å²) in [4.78, 5) is 14.3. The number of hydrogen-bond acceptors (Lipinski definition) is 3. The molecule has 0 aromatic heterocycles.